The highest BCUT2D eigenvalue weighted by molar-refractivity contribution is 7.90. The summed E-state index contributed by atoms with van der Waals surface area (Å²) in [6, 6.07) is 23.5. The number of sulfone groups is 1. The molecule has 0 atom stereocenters. The fourth-order valence-electron chi connectivity index (χ4n) is 4.41. The fraction of sp³-hybridized carbons (Fsp3) is 0.321. The van der Waals surface area contributed by atoms with E-state index in [9.17, 15) is 13.2 Å². The van der Waals surface area contributed by atoms with Gasteiger partial charge < -0.3 is 10.1 Å². The van der Waals surface area contributed by atoms with Gasteiger partial charge in [0.1, 0.15) is 5.75 Å². The smallest absolute Gasteiger partial charge is 0.251 e. The number of ether oxygens (including phenoxy) is 1. The van der Waals surface area contributed by atoms with E-state index in [4.69, 9.17) is 4.74 Å². The molecule has 1 heterocycles. The molecule has 7 heteroatoms. The lowest BCUT2D eigenvalue weighted by atomic mass is 9.96. The summed E-state index contributed by atoms with van der Waals surface area (Å²) in [5.41, 5.74) is 2.36. The van der Waals surface area contributed by atoms with Gasteiger partial charge in [-0.15, -0.1) is 0 Å². The van der Waals surface area contributed by atoms with Gasteiger partial charge in [-0.3, -0.25) is 9.69 Å². The molecule has 1 N–H and O–H groups in total. The van der Waals surface area contributed by atoms with Crippen LogP contribution in [0, 0.1) is 5.92 Å². The molecule has 1 amide bonds. The minimum absolute atomic E-state index is 0.134. The number of carbonyl (C=O) groups is 1. The third-order valence-electron chi connectivity index (χ3n) is 6.47. The third-order valence-corrected chi connectivity index (χ3v) is 8.18. The summed E-state index contributed by atoms with van der Waals surface area (Å²) in [4.78, 5) is 15.5. The Kier molecular flexibility index (Phi) is 8.21. The number of hydrogen-bond acceptors (Lipinski definition) is 5. The molecule has 0 aromatic heterocycles. The molecule has 1 saturated heterocycles. The van der Waals surface area contributed by atoms with Crippen molar-refractivity contribution in [2.75, 3.05) is 26.7 Å². The molecule has 1 aliphatic rings. The van der Waals surface area contributed by atoms with Crippen LogP contribution in [0.3, 0.4) is 0 Å². The van der Waals surface area contributed by atoms with Gasteiger partial charge in [-0.25, -0.2) is 8.42 Å². The largest absolute Gasteiger partial charge is 0.497 e. The average Bonchev–Trinajstić information content (AvgIpc) is 2.89. The topological polar surface area (TPSA) is 75.7 Å². The van der Waals surface area contributed by atoms with Gasteiger partial charge in [-0.1, -0.05) is 42.5 Å². The average molecular weight is 493 g/mol. The molecule has 0 bridgehead atoms. The van der Waals surface area contributed by atoms with E-state index in [1.165, 1.54) is 5.56 Å². The minimum atomic E-state index is -3.46. The maximum Gasteiger partial charge on any atom is 0.251 e. The summed E-state index contributed by atoms with van der Waals surface area (Å²) < 4.78 is 30.6. The number of methoxy groups -OCH3 is 1. The predicted octanol–water partition coefficient (Wildman–Crippen LogP) is 4.31. The van der Waals surface area contributed by atoms with E-state index in [0.717, 1.165) is 38.2 Å². The standard InChI is InChI=1S/C28H32N2O4S/c1-34-26-12-10-23(11-13-26)20-30-16-14-22(15-17-30)19-29-28(31)25-7-5-6-24(18-25)21-35(32,33)27-8-3-2-4-9-27/h2-13,18,22H,14-17,19-21H2,1H3,(H,29,31). The summed E-state index contributed by atoms with van der Waals surface area (Å²) in [7, 11) is -1.79. The first-order chi connectivity index (χ1) is 16.9. The molecule has 3 aromatic rings. The highest BCUT2D eigenvalue weighted by Gasteiger charge is 2.21. The van der Waals surface area contributed by atoms with E-state index >= 15 is 0 Å². The van der Waals surface area contributed by atoms with Crippen molar-refractivity contribution in [3.05, 3.63) is 95.6 Å². The van der Waals surface area contributed by atoms with Crippen LogP contribution in [0.2, 0.25) is 0 Å². The minimum Gasteiger partial charge on any atom is -0.497 e. The Morgan fingerprint density at radius 1 is 0.943 bits per heavy atom. The molecule has 35 heavy (non-hydrogen) atoms. The summed E-state index contributed by atoms with van der Waals surface area (Å²) in [5, 5.41) is 3.05. The van der Waals surface area contributed by atoms with Crippen molar-refractivity contribution in [1.29, 1.82) is 0 Å². The van der Waals surface area contributed by atoms with Crippen molar-refractivity contribution in [1.82, 2.24) is 10.2 Å². The number of carbonyl (C=O) groups excluding carboxylic acids is 1. The van der Waals surface area contributed by atoms with Gasteiger partial charge in [0.15, 0.2) is 9.84 Å². The predicted molar refractivity (Wildman–Crippen MR) is 137 cm³/mol. The van der Waals surface area contributed by atoms with E-state index in [1.54, 1.807) is 61.7 Å². The first kappa shape index (κ1) is 24.9. The summed E-state index contributed by atoms with van der Waals surface area (Å²) in [6.45, 7) is 3.54. The fourth-order valence-corrected chi connectivity index (χ4v) is 5.77. The highest BCUT2D eigenvalue weighted by atomic mass is 32.2. The molecule has 0 spiro atoms. The van der Waals surface area contributed by atoms with E-state index < -0.39 is 9.84 Å². The Labute approximate surface area is 207 Å². The second kappa shape index (κ2) is 11.5. The lowest BCUT2D eigenvalue weighted by Gasteiger charge is -2.32. The van der Waals surface area contributed by atoms with Gasteiger partial charge in [0.05, 0.1) is 17.8 Å². The van der Waals surface area contributed by atoms with Crippen molar-refractivity contribution in [2.45, 2.75) is 30.0 Å². The number of nitrogens with zero attached hydrogens (tertiary/aromatic N) is 1. The molecule has 184 valence electrons. The van der Waals surface area contributed by atoms with Crippen LogP contribution in [0.15, 0.2) is 83.8 Å². The van der Waals surface area contributed by atoms with E-state index in [-0.39, 0.29) is 16.6 Å². The Hall–Kier alpha value is -3.16. The van der Waals surface area contributed by atoms with E-state index in [2.05, 4.69) is 22.3 Å². The maximum atomic E-state index is 12.8. The van der Waals surface area contributed by atoms with Gasteiger partial charge in [-0.2, -0.15) is 0 Å². The van der Waals surface area contributed by atoms with E-state index in [0.29, 0.717) is 23.6 Å². The van der Waals surface area contributed by atoms with E-state index in [1.807, 2.05) is 12.1 Å². The van der Waals surface area contributed by atoms with Crippen molar-refractivity contribution in [3.63, 3.8) is 0 Å². The number of rotatable bonds is 9. The highest BCUT2D eigenvalue weighted by Crippen LogP contribution is 2.21. The van der Waals surface area contributed by atoms with Crippen LogP contribution >= 0.6 is 0 Å². The number of likely N-dealkylation sites (tertiary alicyclic amines) is 1. The first-order valence-corrected chi connectivity index (χ1v) is 13.6. The van der Waals surface area contributed by atoms with Crippen molar-refractivity contribution >= 4 is 15.7 Å². The Morgan fingerprint density at radius 2 is 1.66 bits per heavy atom. The number of benzene rings is 3. The van der Waals surface area contributed by atoms with Gasteiger partial charge in [-0.05, 0) is 79.4 Å². The molecule has 1 aliphatic heterocycles. The number of hydrogen-bond donors (Lipinski definition) is 1. The van der Waals surface area contributed by atoms with Gasteiger partial charge in [0.25, 0.3) is 5.91 Å². The zero-order valence-corrected chi connectivity index (χ0v) is 20.8. The Balaban J connectivity index is 1.25. The van der Waals surface area contributed by atoms with Gasteiger partial charge >= 0.3 is 0 Å². The van der Waals surface area contributed by atoms with Crippen LogP contribution in [-0.2, 0) is 22.1 Å². The Bertz CT molecular complexity index is 1220. The van der Waals surface area contributed by atoms with Gasteiger partial charge in [0.2, 0.25) is 0 Å². The molecule has 0 unspecified atom stereocenters. The third kappa shape index (κ3) is 6.93. The SMILES string of the molecule is COc1ccc(CN2CCC(CNC(=O)c3cccc(CS(=O)(=O)c4ccccc4)c3)CC2)cc1. The summed E-state index contributed by atoms with van der Waals surface area (Å²) in [5.74, 6) is 1.01. The zero-order valence-electron chi connectivity index (χ0n) is 20.0. The lowest BCUT2D eigenvalue weighted by Crippen LogP contribution is -2.38. The zero-order chi connectivity index (χ0) is 24.7. The molecular weight excluding hydrogens is 460 g/mol. The van der Waals surface area contributed by atoms with Crippen molar-refractivity contribution < 1.29 is 17.9 Å². The molecule has 6 nitrogen and oxygen atoms in total. The second-order valence-electron chi connectivity index (χ2n) is 9.05. The first-order valence-electron chi connectivity index (χ1n) is 11.9. The monoisotopic (exact) mass is 492 g/mol. The molecule has 0 aliphatic carbocycles. The number of nitrogens with one attached hydrogen (secondary N) is 1. The lowest BCUT2D eigenvalue weighted by molar-refractivity contribution is 0.0935. The maximum absolute atomic E-state index is 12.8. The molecule has 0 saturated carbocycles. The molecule has 0 radical (unpaired) electrons. The van der Waals surface area contributed by atoms with Crippen LogP contribution in [0.1, 0.15) is 34.3 Å². The normalized spacial score (nSPS) is 15.0. The molecular formula is C28H32N2O4S. The van der Waals surface area contributed by atoms with Crippen LogP contribution < -0.4 is 10.1 Å². The van der Waals surface area contributed by atoms with Gasteiger partial charge in [0, 0.05) is 18.7 Å². The van der Waals surface area contributed by atoms with Crippen LogP contribution in [0.25, 0.3) is 0 Å². The summed E-state index contributed by atoms with van der Waals surface area (Å²) in [6.07, 6.45) is 2.07. The second-order valence-corrected chi connectivity index (χ2v) is 11.0. The number of amides is 1. The Morgan fingerprint density at radius 3 is 2.34 bits per heavy atom. The molecule has 1 fully saturated rings. The van der Waals surface area contributed by atoms with Crippen molar-refractivity contribution in [3.8, 4) is 5.75 Å². The molecule has 3 aromatic carbocycles. The van der Waals surface area contributed by atoms with Crippen LogP contribution in [0.4, 0.5) is 0 Å². The van der Waals surface area contributed by atoms with Crippen molar-refractivity contribution in [2.24, 2.45) is 5.92 Å². The number of piperidine rings is 1. The van der Waals surface area contributed by atoms with Crippen LogP contribution in [0.5, 0.6) is 5.75 Å². The quantitative estimate of drug-likeness (QED) is 0.482. The summed E-state index contributed by atoms with van der Waals surface area (Å²) >= 11 is 0. The van der Waals surface area contributed by atoms with Crippen LogP contribution in [-0.4, -0.2) is 46.0 Å². The molecule has 4 rings (SSSR count).